The molecule has 0 radical (unpaired) electrons. The normalized spacial score (nSPS) is 13.5. The Labute approximate surface area is 182 Å². The minimum absolute atomic E-state index is 0.0438. The van der Waals surface area contributed by atoms with Crippen molar-refractivity contribution in [3.63, 3.8) is 0 Å². The Bertz CT molecular complexity index is 1160. The summed E-state index contributed by atoms with van der Waals surface area (Å²) in [5.41, 5.74) is 5.65. The van der Waals surface area contributed by atoms with E-state index in [0.717, 1.165) is 33.5 Å². The van der Waals surface area contributed by atoms with E-state index in [1.165, 1.54) is 0 Å². The number of pyridine rings is 1. The number of aromatic nitrogens is 3. The first-order valence-corrected chi connectivity index (χ1v) is 10.7. The number of rotatable bonds is 4. The summed E-state index contributed by atoms with van der Waals surface area (Å²) in [4.78, 5) is 17.5. The van der Waals surface area contributed by atoms with Crippen LogP contribution in [-0.2, 0) is 16.8 Å². The Morgan fingerprint density at radius 3 is 2.52 bits per heavy atom. The predicted molar refractivity (Wildman–Crippen MR) is 121 cm³/mol. The lowest BCUT2D eigenvalue weighted by Crippen LogP contribution is -2.23. The third kappa shape index (κ3) is 4.09. The molecule has 1 amide bonds. The lowest BCUT2D eigenvalue weighted by Gasteiger charge is -2.20. The van der Waals surface area contributed by atoms with E-state index in [0.29, 0.717) is 43.2 Å². The molecule has 7 nitrogen and oxygen atoms in total. The molecule has 0 bridgehead atoms. The van der Waals surface area contributed by atoms with E-state index in [9.17, 15) is 4.79 Å². The van der Waals surface area contributed by atoms with Crippen molar-refractivity contribution in [1.82, 2.24) is 14.8 Å². The molecule has 0 saturated heterocycles. The second kappa shape index (κ2) is 7.87. The average molecular weight is 423 g/mol. The molecule has 164 valence electrons. The van der Waals surface area contributed by atoms with Crippen molar-refractivity contribution < 1.29 is 14.3 Å². The average Bonchev–Trinajstić information content (AvgIpc) is 3.04. The Morgan fingerprint density at radius 1 is 1.10 bits per heavy atom. The van der Waals surface area contributed by atoms with E-state index in [1.807, 2.05) is 30.7 Å². The molecule has 1 aliphatic rings. The smallest absolute Gasteiger partial charge is 0.224 e. The maximum absolute atomic E-state index is 12.6. The Kier molecular flexibility index (Phi) is 5.37. The molecule has 0 unspecified atom stereocenters. The minimum Gasteiger partial charge on any atom is -0.486 e. The van der Waals surface area contributed by atoms with Crippen molar-refractivity contribution in [3.8, 4) is 11.5 Å². The second-order valence-corrected chi connectivity index (χ2v) is 9.07. The predicted octanol–water partition coefficient (Wildman–Crippen LogP) is 4.45. The number of ether oxygens (including phenoxy) is 2. The highest BCUT2D eigenvalue weighted by Crippen LogP contribution is 2.33. The van der Waals surface area contributed by atoms with E-state index >= 15 is 0 Å². The molecule has 0 fully saturated rings. The Morgan fingerprint density at radius 2 is 1.81 bits per heavy atom. The van der Waals surface area contributed by atoms with Gasteiger partial charge in [0.1, 0.15) is 13.2 Å². The van der Waals surface area contributed by atoms with Crippen LogP contribution in [0, 0.1) is 20.8 Å². The number of anilines is 1. The van der Waals surface area contributed by atoms with Gasteiger partial charge < -0.3 is 14.8 Å². The summed E-state index contributed by atoms with van der Waals surface area (Å²) < 4.78 is 13.1. The van der Waals surface area contributed by atoms with Crippen LogP contribution < -0.4 is 14.8 Å². The molecular weight excluding hydrogens is 392 g/mol. The summed E-state index contributed by atoms with van der Waals surface area (Å²) in [7, 11) is 0. The van der Waals surface area contributed by atoms with Gasteiger partial charge in [-0.2, -0.15) is 5.10 Å². The number of aryl methyl sites for hydroxylation is 3. The van der Waals surface area contributed by atoms with Crippen molar-refractivity contribution >= 4 is 22.6 Å². The van der Waals surface area contributed by atoms with Gasteiger partial charge in [0.05, 0.1) is 11.2 Å². The van der Waals surface area contributed by atoms with Gasteiger partial charge in [-0.3, -0.25) is 4.79 Å². The first-order chi connectivity index (χ1) is 14.6. The fraction of sp³-hybridized carbons (Fsp3) is 0.458. The largest absolute Gasteiger partial charge is 0.486 e. The number of hydrogen-bond donors (Lipinski definition) is 1. The van der Waals surface area contributed by atoms with Crippen LogP contribution in [-0.4, -0.2) is 33.9 Å². The SMILES string of the molecule is Cc1nc2c(c(C)nn2C(C)(C)C)c(C)c1CCC(=O)Nc1ccc2c(c1)OCCO2. The number of hydrogen-bond acceptors (Lipinski definition) is 5. The molecule has 3 aromatic rings. The fourth-order valence-electron chi connectivity index (χ4n) is 4.13. The zero-order valence-electron chi connectivity index (χ0n) is 19.1. The highest BCUT2D eigenvalue weighted by atomic mass is 16.6. The van der Waals surface area contributed by atoms with Gasteiger partial charge in [-0.15, -0.1) is 0 Å². The highest BCUT2D eigenvalue weighted by Gasteiger charge is 2.23. The summed E-state index contributed by atoms with van der Waals surface area (Å²) in [6.07, 6.45) is 0.993. The minimum atomic E-state index is -0.149. The monoisotopic (exact) mass is 422 g/mol. The van der Waals surface area contributed by atoms with Crippen LogP contribution in [0.25, 0.3) is 11.0 Å². The third-order valence-corrected chi connectivity index (χ3v) is 5.64. The van der Waals surface area contributed by atoms with Crippen molar-refractivity contribution in [3.05, 3.63) is 40.7 Å². The van der Waals surface area contributed by atoms with Crippen molar-refractivity contribution in [2.24, 2.45) is 0 Å². The fourth-order valence-corrected chi connectivity index (χ4v) is 4.13. The molecule has 4 rings (SSSR count). The summed E-state index contributed by atoms with van der Waals surface area (Å²) in [6.45, 7) is 13.6. The van der Waals surface area contributed by atoms with Crippen molar-refractivity contribution in [2.75, 3.05) is 18.5 Å². The van der Waals surface area contributed by atoms with Gasteiger partial charge in [-0.25, -0.2) is 9.67 Å². The van der Waals surface area contributed by atoms with Crippen LogP contribution >= 0.6 is 0 Å². The van der Waals surface area contributed by atoms with Crippen LogP contribution in [0.3, 0.4) is 0 Å². The summed E-state index contributed by atoms with van der Waals surface area (Å²) >= 11 is 0. The second-order valence-electron chi connectivity index (χ2n) is 9.07. The number of nitrogens with zero attached hydrogens (tertiary/aromatic N) is 3. The van der Waals surface area contributed by atoms with Crippen LogP contribution in [0.4, 0.5) is 5.69 Å². The zero-order valence-corrected chi connectivity index (χ0v) is 19.1. The van der Waals surface area contributed by atoms with Gasteiger partial charge >= 0.3 is 0 Å². The van der Waals surface area contributed by atoms with Gasteiger partial charge in [-0.1, -0.05) is 0 Å². The summed E-state index contributed by atoms with van der Waals surface area (Å²) in [6, 6.07) is 5.46. The number of amides is 1. The molecule has 0 saturated carbocycles. The van der Waals surface area contributed by atoms with Gasteiger partial charge in [0.2, 0.25) is 5.91 Å². The maximum Gasteiger partial charge on any atom is 0.224 e. The number of carbonyl (C=O) groups excluding carboxylic acids is 1. The molecule has 1 aromatic carbocycles. The lowest BCUT2D eigenvalue weighted by atomic mass is 9.99. The van der Waals surface area contributed by atoms with E-state index in [-0.39, 0.29) is 11.4 Å². The van der Waals surface area contributed by atoms with E-state index in [2.05, 4.69) is 33.0 Å². The summed E-state index contributed by atoms with van der Waals surface area (Å²) in [5.74, 6) is 1.33. The highest BCUT2D eigenvalue weighted by molar-refractivity contribution is 5.91. The van der Waals surface area contributed by atoms with Crippen molar-refractivity contribution in [1.29, 1.82) is 0 Å². The number of nitrogens with one attached hydrogen (secondary N) is 1. The molecule has 3 heterocycles. The van der Waals surface area contributed by atoms with Crippen molar-refractivity contribution in [2.45, 2.75) is 59.9 Å². The summed E-state index contributed by atoms with van der Waals surface area (Å²) in [5, 5.41) is 8.79. The third-order valence-electron chi connectivity index (χ3n) is 5.64. The molecule has 2 aromatic heterocycles. The standard InChI is InChI=1S/C24H30N4O3/c1-14-18(15(2)25-23-22(14)16(3)27-28(23)24(4,5)6)8-10-21(29)26-17-7-9-19-20(13-17)31-12-11-30-19/h7,9,13H,8,10-12H2,1-6H3,(H,26,29). The Balaban J connectivity index is 1.52. The quantitative estimate of drug-likeness (QED) is 0.672. The molecule has 1 aliphatic heterocycles. The van der Waals surface area contributed by atoms with Crippen LogP contribution in [0.5, 0.6) is 11.5 Å². The zero-order chi connectivity index (χ0) is 22.3. The first kappa shape index (κ1) is 21.2. The van der Waals surface area contributed by atoms with E-state index in [4.69, 9.17) is 19.6 Å². The Hall–Kier alpha value is -3.09. The van der Waals surface area contributed by atoms with Gasteiger partial charge in [0, 0.05) is 29.3 Å². The van der Waals surface area contributed by atoms with Gasteiger partial charge in [0.15, 0.2) is 17.1 Å². The van der Waals surface area contributed by atoms with Crippen LogP contribution in [0.15, 0.2) is 18.2 Å². The van der Waals surface area contributed by atoms with Gasteiger partial charge in [0.25, 0.3) is 0 Å². The van der Waals surface area contributed by atoms with Gasteiger partial charge in [-0.05, 0) is 71.2 Å². The lowest BCUT2D eigenvalue weighted by molar-refractivity contribution is -0.116. The van der Waals surface area contributed by atoms with Crippen LogP contribution in [0.2, 0.25) is 0 Å². The number of benzene rings is 1. The molecule has 0 spiro atoms. The molecule has 31 heavy (non-hydrogen) atoms. The molecule has 0 atom stereocenters. The van der Waals surface area contributed by atoms with E-state index in [1.54, 1.807) is 6.07 Å². The first-order valence-electron chi connectivity index (χ1n) is 10.7. The van der Waals surface area contributed by atoms with E-state index < -0.39 is 0 Å². The van der Waals surface area contributed by atoms with Crippen LogP contribution in [0.1, 0.15) is 49.7 Å². The molecular formula is C24H30N4O3. The topological polar surface area (TPSA) is 78.3 Å². The maximum atomic E-state index is 12.6. The number of fused-ring (bicyclic) bond motifs is 2. The molecule has 0 aliphatic carbocycles. The number of carbonyl (C=O) groups is 1. The molecule has 7 heteroatoms. The molecule has 1 N–H and O–H groups in total.